The van der Waals surface area contributed by atoms with Crippen molar-refractivity contribution in [2.24, 2.45) is 0 Å². The van der Waals surface area contributed by atoms with Crippen LogP contribution in [0.2, 0.25) is 0 Å². The second kappa shape index (κ2) is 2.82. The second-order valence-electron chi connectivity index (χ2n) is 2.57. The molecule has 0 unspecified atom stereocenters. The molecule has 1 amide bonds. The molecule has 0 aliphatic carbocycles. The third kappa shape index (κ3) is 1.33. The van der Waals surface area contributed by atoms with Crippen molar-refractivity contribution in [1.29, 1.82) is 0 Å². The lowest BCUT2D eigenvalue weighted by Gasteiger charge is -1.99. The quantitative estimate of drug-likeness (QED) is 0.703. The molecule has 0 fully saturated rings. The van der Waals surface area contributed by atoms with Crippen LogP contribution in [0.15, 0.2) is 34.9 Å². The normalized spacial score (nSPS) is 10.2. The SMILES string of the molecule is O=C(O)Nc1cccc2ccoc12. The monoisotopic (exact) mass is 177 g/mol. The molecule has 0 bridgehead atoms. The molecule has 0 atom stereocenters. The highest BCUT2D eigenvalue weighted by Crippen LogP contribution is 2.23. The molecule has 0 radical (unpaired) electrons. The van der Waals surface area contributed by atoms with Crippen molar-refractivity contribution in [3.05, 3.63) is 30.5 Å². The number of benzene rings is 1. The Balaban J connectivity index is 2.54. The molecule has 0 aliphatic heterocycles. The van der Waals surface area contributed by atoms with Gasteiger partial charge in [0, 0.05) is 5.39 Å². The molecule has 1 aromatic heterocycles. The van der Waals surface area contributed by atoms with Crippen LogP contribution < -0.4 is 5.32 Å². The summed E-state index contributed by atoms with van der Waals surface area (Å²) < 4.78 is 5.12. The fourth-order valence-corrected chi connectivity index (χ4v) is 1.21. The zero-order chi connectivity index (χ0) is 9.26. The summed E-state index contributed by atoms with van der Waals surface area (Å²) >= 11 is 0. The van der Waals surface area contributed by atoms with Crippen LogP contribution in [-0.4, -0.2) is 11.2 Å². The van der Waals surface area contributed by atoms with Crippen molar-refractivity contribution in [3.8, 4) is 0 Å². The largest absolute Gasteiger partial charge is 0.465 e. The Bertz CT molecular complexity index is 447. The third-order valence-electron chi connectivity index (χ3n) is 1.72. The number of furan rings is 1. The first-order chi connectivity index (χ1) is 6.27. The summed E-state index contributed by atoms with van der Waals surface area (Å²) in [4.78, 5) is 10.4. The summed E-state index contributed by atoms with van der Waals surface area (Å²) in [6, 6.07) is 7.05. The van der Waals surface area contributed by atoms with Gasteiger partial charge in [-0.2, -0.15) is 0 Å². The van der Waals surface area contributed by atoms with Crippen molar-refractivity contribution in [2.75, 3.05) is 5.32 Å². The van der Waals surface area contributed by atoms with Gasteiger partial charge in [0.05, 0.1) is 12.0 Å². The van der Waals surface area contributed by atoms with Crippen molar-refractivity contribution < 1.29 is 14.3 Å². The summed E-state index contributed by atoms with van der Waals surface area (Å²) in [7, 11) is 0. The van der Waals surface area contributed by atoms with E-state index in [0.717, 1.165) is 5.39 Å². The molecular weight excluding hydrogens is 170 g/mol. The molecule has 0 saturated heterocycles. The van der Waals surface area contributed by atoms with E-state index >= 15 is 0 Å². The fourth-order valence-electron chi connectivity index (χ4n) is 1.21. The van der Waals surface area contributed by atoms with Gasteiger partial charge in [-0.3, -0.25) is 5.32 Å². The molecule has 4 heteroatoms. The molecule has 2 N–H and O–H groups in total. The van der Waals surface area contributed by atoms with Gasteiger partial charge in [0.25, 0.3) is 0 Å². The summed E-state index contributed by atoms with van der Waals surface area (Å²) in [6.07, 6.45) is 0.432. The lowest BCUT2D eigenvalue weighted by molar-refractivity contribution is 0.209. The molecule has 1 aromatic carbocycles. The van der Waals surface area contributed by atoms with E-state index in [1.807, 2.05) is 6.07 Å². The van der Waals surface area contributed by atoms with Gasteiger partial charge in [-0.25, -0.2) is 4.79 Å². The van der Waals surface area contributed by atoms with Crippen LogP contribution in [0.25, 0.3) is 11.0 Å². The number of carboxylic acid groups (broad SMARTS) is 1. The average molecular weight is 177 g/mol. The molecule has 1 heterocycles. The summed E-state index contributed by atoms with van der Waals surface area (Å²) in [5.74, 6) is 0. The highest BCUT2D eigenvalue weighted by atomic mass is 16.4. The molecule has 0 saturated carbocycles. The van der Waals surface area contributed by atoms with E-state index in [-0.39, 0.29) is 0 Å². The van der Waals surface area contributed by atoms with E-state index in [1.165, 1.54) is 6.26 Å². The topological polar surface area (TPSA) is 62.5 Å². The Morgan fingerprint density at radius 2 is 2.23 bits per heavy atom. The molecule has 2 rings (SSSR count). The number of carbonyl (C=O) groups is 1. The van der Waals surface area contributed by atoms with E-state index < -0.39 is 6.09 Å². The number of nitrogens with one attached hydrogen (secondary N) is 1. The fraction of sp³-hybridized carbons (Fsp3) is 0. The van der Waals surface area contributed by atoms with E-state index in [4.69, 9.17) is 9.52 Å². The van der Waals surface area contributed by atoms with Gasteiger partial charge in [-0.05, 0) is 12.1 Å². The molecular formula is C9H7NO3. The number of amides is 1. The summed E-state index contributed by atoms with van der Waals surface area (Å²) in [5, 5.41) is 11.6. The van der Waals surface area contributed by atoms with E-state index in [2.05, 4.69) is 5.32 Å². The smallest absolute Gasteiger partial charge is 0.409 e. The Labute approximate surface area is 73.8 Å². The lowest BCUT2D eigenvalue weighted by atomic mass is 10.2. The number of hydrogen-bond acceptors (Lipinski definition) is 2. The molecule has 13 heavy (non-hydrogen) atoms. The number of fused-ring (bicyclic) bond motifs is 1. The Hall–Kier alpha value is -1.97. The van der Waals surface area contributed by atoms with Crippen LogP contribution in [-0.2, 0) is 0 Å². The molecule has 0 spiro atoms. The third-order valence-corrected chi connectivity index (χ3v) is 1.72. The lowest BCUT2D eigenvalue weighted by Crippen LogP contribution is -2.06. The maximum atomic E-state index is 10.4. The minimum absolute atomic E-state index is 0.468. The van der Waals surface area contributed by atoms with Gasteiger partial charge in [0.2, 0.25) is 0 Å². The Morgan fingerprint density at radius 3 is 3.00 bits per heavy atom. The van der Waals surface area contributed by atoms with Crippen LogP contribution in [0.5, 0.6) is 0 Å². The van der Waals surface area contributed by atoms with Crippen LogP contribution in [0.1, 0.15) is 0 Å². The number of para-hydroxylation sites is 1. The van der Waals surface area contributed by atoms with Crippen LogP contribution in [0.4, 0.5) is 10.5 Å². The van der Waals surface area contributed by atoms with E-state index in [1.54, 1.807) is 18.2 Å². The number of anilines is 1. The number of hydrogen-bond donors (Lipinski definition) is 2. The second-order valence-corrected chi connectivity index (χ2v) is 2.57. The maximum Gasteiger partial charge on any atom is 0.409 e. The van der Waals surface area contributed by atoms with Crippen LogP contribution in [0.3, 0.4) is 0 Å². The standard InChI is InChI=1S/C9H7NO3/c11-9(12)10-7-3-1-2-6-4-5-13-8(6)7/h1-5,10H,(H,11,12). The molecule has 0 aliphatic rings. The van der Waals surface area contributed by atoms with Gasteiger partial charge in [-0.1, -0.05) is 12.1 Å². The van der Waals surface area contributed by atoms with Crippen molar-refractivity contribution in [3.63, 3.8) is 0 Å². The van der Waals surface area contributed by atoms with Crippen LogP contribution in [0, 0.1) is 0 Å². The highest BCUT2D eigenvalue weighted by Gasteiger charge is 2.05. The highest BCUT2D eigenvalue weighted by molar-refractivity contribution is 5.96. The predicted octanol–water partition coefficient (Wildman–Crippen LogP) is 2.52. The van der Waals surface area contributed by atoms with Crippen molar-refractivity contribution in [2.45, 2.75) is 0 Å². The Kier molecular flexibility index (Phi) is 1.66. The zero-order valence-corrected chi connectivity index (χ0v) is 6.65. The molecule has 66 valence electrons. The average Bonchev–Trinajstić information content (AvgIpc) is 2.51. The summed E-state index contributed by atoms with van der Waals surface area (Å²) in [5.41, 5.74) is 1.03. The first-order valence-corrected chi connectivity index (χ1v) is 3.73. The summed E-state index contributed by atoms with van der Waals surface area (Å²) in [6.45, 7) is 0. The van der Waals surface area contributed by atoms with Crippen LogP contribution >= 0.6 is 0 Å². The Morgan fingerprint density at radius 1 is 1.38 bits per heavy atom. The zero-order valence-electron chi connectivity index (χ0n) is 6.65. The van der Waals surface area contributed by atoms with Gasteiger partial charge in [0.1, 0.15) is 0 Å². The first kappa shape index (κ1) is 7.67. The molecule has 2 aromatic rings. The maximum absolute atomic E-state index is 10.4. The van der Waals surface area contributed by atoms with Crippen molar-refractivity contribution >= 4 is 22.7 Å². The minimum atomic E-state index is -1.09. The minimum Gasteiger partial charge on any atom is -0.465 e. The first-order valence-electron chi connectivity index (χ1n) is 3.73. The van der Waals surface area contributed by atoms with Gasteiger partial charge < -0.3 is 9.52 Å². The molecule has 4 nitrogen and oxygen atoms in total. The predicted molar refractivity (Wildman–Crippen MR) is 47.9 cm³/mol. The van der Waals surface area contributed by atoms with E-state index in [0.29, 0.717) is 11.3 Å². The van der Waals surface area contributed by atoms with Gasteiger partial charge in [-0.15, -0.1) is 0 Å². The van der Waals surface area contributed by atoms with Gasteiger partial charge in [0.15, 0.2) is 5.58 Å². The van der Waals surface area contributed by atoms with Crippen molar-refractivity contribution in [1.82, 2.24) is 0 Å². The number of rotatable bonds is 1. The van der Waals surface area contributed by atoms with E-state index in [9.17, 15) is 4.79 Å². The van der Waals surface area contributed by atoms with Gasteiger partial charge >= 0.3 is 6.09 Å².